The van der Waals surface area contributed by atoms with Crippen LogP contribution in [0.1, 0.15) is 38.2 Å². The van der Waals surface area contributed by atoms with E-state index < -0.39 is 0 Å². The van der Waals surface area contributed by atoms with Gasteiger partial charge in [-0.1, -0.05) is 37.7 Å². The summed E-state index contributed by atoms with van der Waals surface area (Å²) in [5.74, 6) is 1.45. The lowest BCUT2D eigenvalue weighted by molar-refractivity contribution is 0.102. The van der Waals surface area contributed by atoms with Gasteiger partial charge in [-0.15, -0.1) is 0 Å². The van der Waals surface area contributed by atoms with Crippen LogP contribution in [0.3, 0.4) is 0 Å². The molecule has 1 fully saturated rings. The van der Waals surface area contributed by atoms with Gasteiger partial charge in [-0.05, 0) is 37.3 Å². The second kappa shape index (κ2) is 5.50. The fraction of sp³-hybridized carbons (Fsp3) is 0.500. The van der Waals surface area contributed by atoms with Gasteiger partial charge in [-0.2, -0.15) is 0 Å². The van der Waals surface area contributed by atoms with Gasteiger partial charge >= 0.3 is 0 Å². The minimum Gasteiger partial charge on any atom is -0.489 e. The maximum Gasteiger partial charge on any atom is 0.129 e. The zero-order valence-corrected chi connectivity index (χ0v) is 11.0. The Morgan fingerprint density at radius 1 is 1.29 bits per heavy atom. The van der Waals surface area contributed by atoms with Crippen molar-refractivity contribution in [3.05, 3.63) is 29.8 Å². The van der Waals surface area contributed by atoms with E-state index in [9.17, 15) is 0 Å². The molecule has 2 unspecified atom stereocenters. The third kappa shape index (κ3) is 2.97. The normalized spacial score (nSPS) is 24.3. The fourth-order valence-electron chi connectivity index (χ4n) is 2.39. The van der Waals surface area contributed by atoms with E-state index in [0.717, 1.165) is 17.7 Å². The van der Waals surface area contributed by atoms with Crippen molar-refractivity contribution in [2.45, 2.75) is 38.7 Å². The predicted octanol–water partition coefficient (Wildman–Crippen LogP) is 3.28. The van der Waals surface area contributed by atoms with E-state index in [2.05, 4.69) is 6.92 Å². The first-order valence-corrected chi connectivity index (χ1v) is 6.65. The molecule has 0 bridgehead atoms. The van der Waals surface area contributed by atoms with Crippen LogP contribution in [0, 0.1) is 5.92 Å². The summed E-state index contributed by atoms with van der Waals surface area (Å²) < 4.78 is 6.09. The molecule has 17 heavy (non-hydrogen) atoms. The summed E-state index contributed by atoms with van der Waals surface area (Å²) in [4.78, 5) is 0.407. The maximum absolute atomic E-state index is 6.09. The van der Waals surface area contributed by atoms with Crippen molar-refractivity contribution in [1.82, 2.24) is 0 Å². The Balaban J connectivity index is 2.14. The SMILES string of the molecule is CC1CCCCC1Oc1ccccc1C(N)=S. The lowest BCUT2D eigenvalue weighted by Crippen LogP contribution is -2.29. The summed E-state index contributed by atoms with van der Waals surface area (Å²) in [5, 5.41) is 0. The highest BCUT2D eigenvalue weighted by Gasteiger charge is 2.23. The molecule has 1 saturated carbocycles. The molecule has 0 aromatic heterocycles. The first-order chi connectivity index (χ1) is 8.18. The summed E-state index contributed by atoms with van der Waals surface area (Å²) in [6.45, 7) is 2.26. The Kier molecular flexibility index (Phi) is 4.00. The number of hydrogen-bond acceptors (Lipinski definition) is 2. The average molecular weight is 249 g/mol. The van der Waals surface area contributed by atoms with Gasteiger partial charge in [0.1, 0.15) is 16.8 Å². The molecular formula is C14H19NOS. The highest BCUT2D eigenvalue weighted by Crippen LogP contribution is 2.29. The predicted molar refractivity (Wildman–Crippen MR) is 74.4 cm³/mol. The van der Waals surface area contributed by atoms with Crippen molar-refractivity contribution in [1.29, 1.82) is 0 Å². The first kappa shape index (κ1) is 12.4. The topological polar surface area (TPSA) is 35.2 Å². The number of rotatable bonds is 3. The van der Waals surface area contributed by atoms with E-state index in [-0.39, 0.29) is 0 Å². The molecule has 1 aromatic carbocycles. The standard InChI is InChI=1S/C14H19NOS/c1-10-6-2-4-8-12(10)16-13-9-5-3-7-11(13)14(15)17/h3,5,7,9-10,12H,2,4,6,8H2,1H3,(H2,15,17). The summed E-state index contributed by atoms with van der Waals surface area (Å²) in [7, 11) is 0. The van der Waals surface area contributed by atoms with Gasteiger partial charge in [-0.3, -0.25) is 0 Å². The molecule has 0 aliphatic heterocycles. The van der Waals surface area contributed by atoms with Gasteiger partial charge in [0, 0.05) is 0 Å². The van der Waals surface area contributed by atoms with Gasteiger partial charge in [0.15, 0.2) is 0 Å². The van der Waals surface area contributed by atoms with E-state index in [1.165, 1.54) is 19.3 Å². The van der Waals surface area contributed by atoms with Gasteiger partial charge in [0.05, 0.1) is 5.56 Å². The number of benzene rings is 1. The van der Waals surface area contributed by atoms with E-state index in [4.69, 9.17) is 22.7 Å². The smallest absolute Gasteiger partial charge is 0.129 e. The lowest BCUT2D eigenvalue weighted by atomic mass is 9.88. The second-order valence-electron chi connectivity index (χ2n) is 4.78. The number of ether oxygens (including phenoxy) is 1. The number of para-hydroxylation sites is 1. The minimum atomic E-state index is 0.305. The molecule has 1 aromatic rings. The average Bonchev–Trinajstić information content (AvgIpc) is 2.32. The number of hydrogen-bond donors (Lipinski definition) is 1. The minimum absolute atomic E-state index is 0.305. The van der Waals surface area contributed by atoms with Crippen LogP contribution >= 0.6 is 12.2 Å². The molecule has 1 aliphatic carbocycles. The van der Waals surface area contributed by atoms with Crippen LogP contribution in [0.15, 0.2) is 24.3 Å². The van der Waals surface area contributed by atoms with Crippen LogP contribution in [0.2, 0.25) is 0 Å². The number of nitrogens with two attached hydrogens (primary N) is 1. The Hall–Kier alpha value is -1.09. The monoisotopic (exact) mass is 249 g/mol. The van der Waals surface area contributed by atoms with Gasteiger partial charge in [0.25, 0.3) is 0 Å². The molecule has 2 N–H and O–H groups in total. The van der Waals surface area contributed by atoms with Crippen LogP contribution in [0.25, 0.3) is 0 Å². The highest BCUT2D eigenvalue weighted by molar-refractivity contribution is 7.80. The maximum atomic E-state index is 6.09. The third-order valence-corrected chi connectivity index (χ3v) is 3.68. The molecule has 3 heteroatoms. The van der Waals surface area contributed by atoms with E-state index >= 15 is 0 Å². The molecular weight excluding hydrogens is 230 g/mol. The van der Waals surface area contributed by atoms with Crippen molar-refractivity contribution in [3.8, 4) is 5.75 Å². The van der Waals surface area contributed by atoms with Crippen molar-refractivity contribution >= 4 is 17.2 Å². The van der Waals surface area contributed by atoms with Gasteiger partial charge in [0.2, 0.25) is 0 Å². The lowest BCUT2D eigenvalue weighted by Gasteiger charge is -2.30. The van der Waals surface area contributed by atoms with Gasteiger partial charge in [-0.25, -0.2) is 0 Å². The molecule has 0 spiro atoms. The Morgan fingerprint density at radius 2 is 2.00 bits per heavy atom. The van der Waals surface area contributed by atoms with E-state index in [0.29, 0.717) is 17.0 Å². The highest BCUT2D eigenvalue weighted by atomic mass is 32.1. The second-order valence-corrected chi connectivity index (χ2v) is 5.22. The molecule has 2 atom stereocenters. The zero-order chi connectivity index (χ0) is 12.3. The Morgan fingerprint density at radius 3 is 2.71 bits per heavy atom. The van der Waals surface area contributed by atoms with Crippen molar-refractivity contribution in [3.63, 3.8) is 0 Å². The largest absolute Gasteiger partial charge is 0.489 e. The molecule has 0 radical (unpaired) electrons. The van der Waals surface area contributed by atoms with Crippen molar-refractivity contribution in [2.24, 2.45) is 11.7 Å². The summed E-state index contributed by atoms with van der Waals surface area (Å²) in [5.41, 5.74) is 6.55. The molecule has 1 aliphatic rings. The molecule has 0 amide bonds. The van der Waals surface area contributed by atoms with E-state index in [1.54, 1.807) is 0 Å². The van der Waals surface area contributed by atoms with Gasteiger partial charge < -0.3 is 10.5 Å². The first-order valence-electron chi connectivity index (χ1n) is 6.24. The summed E-state index contributed by atoms with van der Waals surface area (Å²) in [6.07, 6.45) is 5.26. The van der Waals surface area contributed by atoms with Crippen molar-refractivity contribution in [2.75, 3.05) is 0 Å². The molecule has 0 saturated heterocycles. The van der Waals surface area contributed by atoms with Crippen LogP contribution in [-0.2, 0) is 0 Å². The van der Waals surface area contributed by atoms with E-state index in [1.807, 2.05) is 24.3 Å². The fourth-order valence-corrected chi connectivity index (χ4v) is 2.56. The Labute approximate surface area is 108 Å². The summed E-state index contributed by atoms with van der Waals surface area (Å²) in [6, 6.07) is 7.78. The molecule has 0 heterocycles. The third-order valence-electron chi connectivity index (χ3n) is 3.46. The molecule has 2 rings (SSSR count). The zero-order valence-electron chi connectivity index (χ0n) is 10.2. The van der Waals surface area contributed by atoms with Crippen molar-refractivity contribution < 1.29 is 4.74 Å². The van der Waals surface area contributed by atoms with Crippen LogP contribution in [0.4, 0.5) is 0 Å². The quantitative estimate of drug-likeness (QED) is 0.835. The van der Waals surface area contributed by atoms with Crippen LogP contribution in [-0.4, -0.2) is 11.1 Å². The summed E-state index contributed by atoms with van der Waals surface area (Å²) >= 11 is 5.04. The molecule has 2 nitrogen and oxygen atoms in total. The van der Waals surface area contributed by atoms with Crippen LogP contribution < -0.4 is 10.5 Å². The number of thiocarbonyl (C=S) groups is 1. The molecule has 92 valence electrons. The Bertz CT molecular complexity index is 405. The van der Waals surface area contributed by atoms with Crippen LogP contribution in [0.5, 0.6) is 5.75 Å².